The lowest BCUT2D eigenvalue weighted by Gasteiger charge is -2.42. The van der Waals surface area contributed by atoms with Gasteiger partial charge in [-0.15, -0.1) is 0 Å². The summed E-state index contributed by atoms with van der Waals surface area (Å²) in [5, 5.41) is 2.06. The molecular weight excluding hydrogens is 334 g/mol. The molecule has 1 aromatic carbocycles. The average Bonchev–Trinajstić information content (AvgIpc) is 3.12. The Labute approximate surface area is 164 Å². The number of hydrogen-bond donors (Lipinski definition) is 0. The van der Waals surface area contributed by atoms with Crippen molar-refractivity contribution in [2.45, 2.75) is 58.7 Å². The highest BCUT2D eigenvalue weighted by atomic mass is 16.3. The van der Waals surface area contributed by atoms with Crippen LogP contribution in [0.3, 0.4) is 0 Å². The lowest BCUT2D eigenvalue weighted by molar-refractivity contribution is -0.942. The number of pyridine rings is 1. The highest BCUT2D eigenvalue weighted by molar-refractivity contribution is 6.08. The maximum atomic E-state index is 9.28. The van der Waals surface area contributed by atoms with Gasteiger partial charge in [-0.25, -0.2) is 4.98 Å². The second-order valence-corrected chi connectivity index (χ2v) is 8.78. The minimum absolute atomic E-state index is 0.0331. The zero-order valence-electron chi connectivity index (χ0n) is 18.7. The Morgan fingerprint density at radius 1 is 1.19 bits per heavy atom. The highest BCUT2D eigenvalue weighted by Crippen LogP contribution is 2.46. The van der Waals surface area contributed by atoms with E-state index in [0.29, 0.717) is 10.2 Å². The van der Waals surface area contributed by atoms with Gasteiger partial charge in [0.2, 0.25) is 5.71 Å². The molecule has 5 rings (SSSR count). The number of piperidine rings is 1. The van der Waals surface area contributed by atoms with E-state index < -0.39 is 12.0 Å². The van der Waals surface area contributed by atoms with Crippen molar-refractivity contribution in [1.82, 2.24) is 4.98 Å². The van der Waals surface area contributed by atoms with Crippen LogP contribution in [0.15, 0.2) is 34.9 Å². The Kier molecular flexibility index (Phi) is 3.16. The van der Waals surface area contributed by atoms with Gasteiger partial charge in [0.15, 0.2) is 11.7 Å². The summed E-state index contributed by atoms with van der Waals surface area (Å²) in [6.07, 6.45) is 5.17. The van der Waals surface area contributed by atoms with E-state index in [4.69, 9.17) is 4.42 Å². The van der Waals surface area contributed by atoms with E-state index in [1.807, 2.05) is 12.1 Å². The van der Waals surface area contributed by atoms with Crippen LogP contribution >= 0.6 is 0 Å². The summed E-state index contributed by atoms with van der Waals surface area (Å²) in [5.41, 5.74) is 2.93. The van der Waals surface area contributed by atoms with Crippen LogP contribution in [0.2, 0.25) is 0 Å². The molecule has 0 bridgehead atoms. The van der Waals surface area contributed by atoms with Crippen LogP contribution in [0.25, 0.3) is 22.1 Å². The van der Waals surface area contributed by atoms with E-state index >= 15 is 0 Å². The van der Waals surface area contributed by atoms with Gasteiger partial charge < -0.3 is 13.8 Å². The smallest absolute Gasteiger partial charge is 0.227 e. The maximum absolute atomic E-state index is 9.28. The predicted molar refractivity (Wildman–Crippen MR) is 111 cm³/mol. The summed E-state index contributed by atoms with van der Waals surface area (Å²) < 4.78 is 25.4. The Balaban J connectivity index is 1.79. The van der Waals surface area contributed by atoms with Crippen molar-refractivity contribution in [2.75, 3.05) is 24.5 Å². The van der Waals surface area contributed by atoms with Gasteiger partial charge in [0, 0.05) is 23.9 Å². The highest BCUT2D eigenvalue weighted by Gasteiger charge is 2.55. The van der Waals surface area contributed by atoms with Crippen LogP contribution < -0.4 is 4.90 Å². The second kappa shape index (κ2) is 5.71. The molecule has 4 heteroatoms. The molecule has 0 N–H and O–H groups in total. The molecule has 4 nitrogen and oxygen atoms in total. The van der Waals surface area contributed by atoms with Gasteiger partial charge in [0.05, 0.1) is 27.1 Å². The zero-order chi connectivity index (χ0) is 20.6. The van der Waals surface area contributed by atoms with Crippen molar-refractivity contribution in [3.05, 3.63) is 36.0 Å². The van der Waals surface area contributed by atoms with Gasteiger partial charge in [-0.3, -0.25) is 0 Å². The second-order valence-electron chi connectivity index (χ2n) is 8.78. The fraction of sp³-hybridized carbons (Fsp3) is 0.522. The molecule has 2 saturated heterocycles. The van der Waals surface area contributed by atoms with Crippen LogP contribution in [0, 0.1) is 6.92 Å². The van der Waals surface area contributed by atoms with Crippen molar-refractivity contribution in [1.29, 1.82) is 0 Å². The molecule has 1 unspecified atom stereocenters. The summed E-state index contributed by atoms with van der Waals surface area (Å²) in [4.78, 5) is 6.74. The van der Waals surface area contributed by atoms with E-state index in [2.05, 4.69) is 49.7 Å². The Hall–Kier alpha value is -2.07. The van der Waals surface area contributed by atoms with Crippen LogP contribution in [-0.4, -0.2) is 40.8 Å². The number of fused-ring (bicyclic) bond motifs is 3. The Morgan fingerprint density at radius 2 is 1.96 bits per heavy atom. The van der Waals surface area contributed by atoms with Crippen molar-refractivity contribution in [2.24, 2.45) is 0 Å². The molecule has 27 heavy (non-hydrogen) atoms. The van der Waals surface area contributed by atoms with Gasteiger partial charge in [-0.2, -0.15) is 0 Å². The van der Waals surface area contributed by atoms with Crippen LogP contribution in [0.1, 0.15) is 48.3 Å². The number of furan rings is 1. The van der Waals surface area contributed by atoms with Crippen LogP contribution in [0.4, 0.5) is 5.69 Å². The SMILES string of the molecule is [2H]C1([2H])C(C)(C)N(c2c(C)ccc3c2oc2ncccc23)C(C)[N+]12CCCCC2. The first-order chi connectivity index (χ1) is 13.7. The summed E-state index contributed by atoms with van der Waals surface area (Å²) in [7, 11) is 0. The van der Waals surface area contributed by atoms with Gasteiger partial charge in [-0.05, 0) is 57.7 Å². The molecule has 2 aliphatic rings. The summed E-state index contributed by atoms with van der Waals surface area (Å²) in [6.45, 7) is 8.86. The van der Waals surface area contributed by atoms with E-state index in [1.165, 1.54) is 6.42 Å². The standard InChI is InChI=1S/C23H30N3O/c1-16-10-11-18-19-9-8-12-24-22(19)27-21(18)20(16)25-17(2)26(15-23(25,3)4)13-6-5-7-14-26/h8-12,17H,5-7,13-15H2,1-4H3/q+1/i15D2. The first-order valence-electron chi connectivity index (χ1n) is 11.2. The van der Waals surface area contributed by atoms with Crippen molar-refractivity contribution in [3.63, 3.8) is 0 Å². The monoisotopic (exact) mass is 366 g/mol. The number of anilines is 1. The molecule has 142 valence electrons. The number of aryl methyl sites for hydroxylation is 1. The summed E-state index contributed by atoms with van der Waals surface area (Å²) >= 11 is 0. The van der Waals surface area contributed by atoms with Crippen molar-refractivity contribution < 1.29 is 11.6 Å². The summed E-state index contributed by atoms with van der Waals surface area (Å²) in [5.74, 6) is 0. The number of hydrogen-bond acceptors (Lipinski definition) is 3. The number of benzene rings is 1. The molecule has 1 spiro atoms. The molecule has 4 heterocycles. The van der Waals surface area contributed by atoms with Crippen LogP contribution in [-0.2, 0) is 0 Å². The lowest BCUT2D eigenvalue weighted by atomic mass is 10.00. The van der Waals surface area contributed by atoms with Crippen molar-refractivity contribution in [3.8, 4) is 0 Å². The van der Waals surface area contributed by atoms with Gasteiger partial charge in [0.25, 0.3) is 0 Å². The fourth-order valence-electron chi connectivity index (χ4n) is 5.47. The van der Waals surface area contributed by atoms with E-state index in [-0.39, 0.29) is 6.17 Å². The number of nitrogens with zero attached hydrogens (tertiary/aromatic N) is 3. The minimum Gasteiger partial charge on any atom is -0.436 e. The molecule has 1 atom stereocenters. The zero-order valence-corrected chi connectivity index (χ0v) is 16.7. The molecule has 2 aromatic heterocycles. The first-order valence-corrected chi connectivity index (χ1v) is 10.2. The maximum Gasteiger partial charge on any atom is 0.227 e. The molecule has 0 saturated carbocycles. The molecular formula is C23H30N3O+. The van der Waals surface area contributed by atoms with E-state index in [1.54, 1.807) is 6.20 Å². The predicted octanol–water partition coefficient (Wildman–Crippen LogP) is 5.23. The Bertz CT molecular complexity index is 1100. The summed E-state index contributed by atoms with van der Waals surface area (Å²) in [6, 6.07) is 8.22. The lowest BCUT2D eigenvalue weighted by Crippen LogP contribution is -2.56. The van der Waals surface area contributed by atoms with E-state index in [0.717, 1.165) is 53.5 Å². The number of rotatable bonds is 1. The number of aromatic nitrogens is 1. The third-order valence-corrected chi connectivity index (χ3v) is 6.64. The molecule has 3 aromatic rings. The third-order valence-electron chi connectivity index (χ3n) is 6.64. The quantitative estimate of drug-likeness (QED) is 0.552. The van der Waals surface area contributed by atoms with Gasteiger partial charge >= 0.3 is 0 Å². The minimum atomic E-state index is -1.36. The first kappa shape index (κ1) is 14.9. The van der Waals surface area contributed by atoms with Crippen molar-refractivity contribution >= 4 is 27.8 Å². The van der Waals surface area contributed by atoms with Gasteiger partial charge in [-0.1, -0.05) is 12.1 Å². The van der Waals surface area contributed by atoms with E-state index in [9.17, 15) is 2.74 Å². The largest absolute Gasteiger partial charge is 0.436 e. The molecule has 2 fully saturated rings. The fourth-order valence-corrected chi connectivity index (χ4v) is 5.47. The molecule has 0 aliphatic carbocycles. The van der Waals surface area contributed by atoms with Gasteiger partial charge in [0.1, 0.15) is 6.50 Å². The number of quaternary nitrogens is 1. The average molecular weight is 367 g/mol. The van der Waals surface area contributed by atoms with Crippen LogP contribution in [0.5, 0.6) is 0 Å². The molecule has 0 radical (unpaired) electrons. The third kappa shape index (κ3) is 2.35. The molecule has 0 amide bonds. The normalized spacial score (nSPS) is 27.3. The molecule has 2 aliphatic heterocycles. The Morgan fingerprint density at radius 3 is 2.74 bits per heavy atom. The topological polar surface area (TPSA) is 29.3 Å².